The van der Waals surface area contributed by atoms with E-state index in [0.717, 1.165) is 0 Å². The van der Waals surface area contributed by atoms with Crippen LogP contribution in [0.2, 0.25) is 0 Å². The summed E-state index contributed by atoms with van der Waals surface area (Å²) in [6, 6.07) is 0. The average Bonchev–Trinajstić information content (AvgIpc) is 1.87. The van der Waals surface area contributed by atoms with Gasteiger partial charge in [0.25, 0.3) is 0 Å². The molecule has 0 aliphatic rings. The van der Waals surface area contributed by atoms with Crippen LogP contribution >= 0.6 is 11.6 Å². The van der Waals surface area contributed by atoms with Gasteiger partial charge in [0.05, 0.1) is 0 Å². The Hall–Kier alpha value is -0.530. The van der Waals surface area contributed by atoms with Crippen LogP contribution in [0.15, 0.2) is 0 Å². The highest BCUT2D eigenvalue weighted by molar-refractivity contribution is 6.22. The lowest BCUT2D eigenvalue weighted by Gasteiger charge is -2.24. The molecule has 0 aromatic rings. The summed E-state index contributed by atoms with van der Waals surface area (Å²) < 4.78 is 24.6. The van der Waals surface area contributed by atoms with Gasteiger partial charge in [-0.15, -0.1) is 0 Å². The third-order valence-corrected chi connectivity index (χ3v) is 1.75. The SMILES string of the molecule is O=[N+]([O-])C(CO)(CO)C(F)(F)Cl. The minimum absolute atomic E-state index is 1.50. The molecule has 5 nitrogen and oxygen atoms in total. The van der Waals surface area contributed by atoms with Crippen molar-refractivity contribution in [3.05, 3.63) is 10.1 Å². The number of aliphatic hydroxyl groups is 2. The van der Waals surface area contributed by atoms with E-state index in [9.17, 15) is 18.9 Å². The summed E-state index contributed by atoms with van der Waals surface area (Å²) in [5.74, 6) is 0. The minimum Gasteiger partial charge on any atom is -0.388 e. The second-order valence-electron chi connectivity index (χ2n) is 2.10. The fraction of sp³-hybridized carbons (Fsp3) is 1.00. The molecule has 72 valence electrons. The highest BCUT2D eigenvalue weighted by atomic mass is 35.5. The van der Waals surface area contributed by atoms with Gasteiger partial charge in [0.1, 0.15) is 13.2 Å². The standard InChI is InChI=1S/C4H6ClF2NO4/c5-4(6,7)3(1-9,2-10)8(11)12/h9-10H,1-2H2. The molecule has 0 aliphatic carbocycles. The van der Waals surface area contributed by atoms with Crippen molar-refractivity contribution in [2.75, 3.05) is 13.2 Å². The zero-order valence-corrected chi connectivity index (χ0v) is 6.46. The Morgan fingerprint density at radius 3 is 1.75 bits per heavy atom. The second-order valence-corrected chi connectivity index (χ2v) is 2.58. The first-order valence-electron chi connectivity index (χ1n) is 2.75. The summed E-state index contributed by atoms with van der Waals surface area (Å²) in [4.78, 5) is 8.55. The van der Waals surface area contributed by atoms with Crippen LogP contribution in [0.5, 0.6) is 0 Å². The third kappa shape index (κ3) is 1.62. The van der Waals surface area contributed by atoms with Crippen LogP contribution in [-0.2, 0) is 0 Å². The maximum atomic E-state index is 12.3. The van der Waals surface area contributed by atoms with Crippen molar-refractivity contribution in [1.82, 2.24) is 0 Å². The number of nitrogens with zero attached hydrogens (tertiary/aromatic N) is 1. The van der Waals surface area contributed by atoms with Crippen LogP contribution in [0.25, 0.3) is 0 Å². The number of hydrogen-bond donors (Lipinski definition) is 2. The maximum Gasteiger partial charge on any atom is 0.395 e. The van der Waals surface area contributed by atoms with E-state index in [-0.39, 0.29) is 0 Å². The van der Waals surface area contributed by atoms with E-state index < -0.39 is 29.1 Å². The fourth-order valence-corrected chi connectivity index (χ4v) is 0.637. The van der Waals surface area contributed by atoms with Gasteiger partial charge in [0.15, 0.2) is 0 Å². The van der Waals surface area contributed by atoms with Gasteiger partial charge in [-0.25, -0.2) is 0 Å². The fourth-order valence-electron chi connectivity index (χ4n) is 0.448. The molecule has 0 radical (unpaired) electrons. The quantitative estimate of drug-likeness (QED) is 0.379. The lowest BCUT2D eigenvalue weighted by Crippen LogP contribution is -2.57. The molecule has 0 aromatic carbocycles. The Labute approximate surface area is 70.7 Å². The van der Waals surface area contributed by atoms with Gasteiger partial charge in [0.2, 0.25) is 0 Å². The predicted molar refractivity (Wildman–Crippen MR) is 34.7 cm³/mol. The summed E-state index contributed by atoms with van der Waals surface area (Å²) in [5.41, 5.74) is -3.21. The maximum absolute atomic E-state index is 12.3. The van der Waals surface area contributed by atoms with Crippen molar-refractivity contribution in [2.24, 2.45) is 0 Å². The lowest BCUT2D eigenvalue weighted by atomic mass is 10.0. The van der Waals surface area contributed by atoms with E-state index >= 15 is 0 Å². The van der Waals surface area contributed by atoms with Gasteiger partial charge in [-0.05, 0) is 11.6 Å². The first kappa shape index (κ1) is 11.5. The summed E-state index contributed by atoms with van der Waals surface area (Å²) in [6.45, 7) is -3.07. The largest absolute Gasteiger partial charge is 0.395 e. The highest BCUT2D eigenvalue weighted by Crippen LogP contribution is 2.34. The minimum atomic E-state index is -4.29. The molecule has 0 aliphatic heterocycles. The van der Waals surface area contributed by atoms with E-state index in [4.69, 9.17) is 10.2 Å². The number of halogens is 3. The molecule has 0 unspecified atom stereocenters. The second kappa shape index (κ2) is 3.46. The van der Waals surface area contributed by atoms with Gasteiger partial charge >= 0.3 is 10.9 Å². The first-order chi connectivity index (χ1) is 5.31. The Morgan fingerprint density at radius 1 is 1.42 bits per heavy atom. The Kier molecular flexibility index (Phi) is 3.31. The van der Waals surface area contributed by atoms with Crippen molar-refractivity contribution in [1.29, 1.82) is 0 Å². The van der Waals surface area contributed by atoms with Gasteiger partial charge in [-0.2, -0.15) is 8.78 Å². The van der Waals surface area contributed by atoms with Crippen molar-refractivity contribution < 1.29 is 23.9 Å². The van der Waals surface area contributed by atoms with E-state index in [1.807, 2.05) is 0 Å². The average molecular weight is 206 g/mol. The Bertz CT molecular complexity index is 178. The smallest absolute Gasteiger partial charge is 0.388 e. The van der Waals surface area contributed by atoms with Crippen LogP contribution in [0.1, 0.15) is 0 Å². The zero-order valence-electron chi connectivity index (χ0n) is 5.71. The van der Waals surface area contributed by atoms with Crippen molar-refractivity contribution >= 4 is 11.6 Å². The van der Waals surface area contributed by atoms with Crippen LogP contribution < -0.4 is 0 Å². The number of rotatable bonds is 4. The van der Waals surface area contributed by atoms with Crippen LogP contribution in [0, 0.1) is 10.1 Å². The number of alkyl halides is 3. The van der Waals surface area contributed by atoms with E-state index in [2.05, 4.69) is 11.6 Å². The van der Waals surface area contributed by atoms with E-state index in [1.165, 1.54) is 0 Å². The highest BCUT2D eigenvalue weighted by Gasteiger charge is 2.63. The third-order valence-electron chi connectivity index (χ3n) is 1.40. The van der Waals surface area contributed by atoms with E-state index in [0.29, 0.717) is 0 Å². The summed E-state index contributed by atoms with van der Waals surface area (Å²) in [7, 11) is 0. The van der Waals surface area contributed by atoms with Crippen molar-refractivity contribution in [3.8, 4) is 0 Å². The summed E-state index contributed by atoms with van der Waals surface area (Å²) in [5, 5.41) is 22.4. The molecule has 0 saturated heterocycles. The van der Waals surface area contributed by atoms with Crippen LogP contribution in [-0.4, -0.2) is 39.3 Å². The molecule has 0 saturated carbocycles. The van der Waals surface area contributed by atoms with Gasteiger partial charge < -0.3 is 10.2 Å². The molecule has 8 heteroatoms. The molecule has 0 bridgehead atoms. The first-order valence-corrected chi connectivity index (χ1v) is 3.12. The molecule has 0 fully saturated rings. The molecule has 0 spiro atoms. The number of nitro groups is 1. The molecule has 0 atom stereocenters. The predicted octanol–water partition coefficient (Wildman–Crippen LogP) is -0.182. The zero-order chi connectivity index (χ0) is 9.99. The van der Waals surface area contributed by atoms with Gasteiger partial charge in [0, 0.05) is 4.92 Å². The normalized spacial score (nSPS) is 13.1. The summed E-state index contributed by atoms with van der Waals surface area (Å²) >= 11 is 4.36. The summed E-state index contributed by atoms with van der Waals surface area (Å²) in [6.07, 6.45) is 0. The molecule has 2 N–H and O–H groups in total. The molecule has 0 rings (SSSR count). The number of hydrogen-bond acceptors (Lipinski definition) is 4. The molecule has 0 amide bonds. The molecule has 0 aromatic heterocycles. The molecule has 0 heterocycles. The number of aliphatic hydroxyl groups excluding tert-OH is 2. The van der Waals surface area contributed by atoms with Crippen molar-refractivity contribution in [2.45, 2.75) is 10.9 Å². The van der Waals surface area contributed by atoms with Crippen LogP contribution in [0.3, 0.4) is 0 Å². The monoisotopic (exact) mass is 205 g/mol. The van der Waals surface area contributed by atoms with Gasteiger partial charge in [-0.1, -0.05) is 0 Å². The Morgan fingerprint density at radius 2 is 1.75 bits per heavy atom. The van der Waals surface area contributed by atoms with Crippen LogP contribution in [0.4, 0.5) is 8.78 Å². The topological polar surface area (TPSA) is 83.6 Å². The molecular formula is C4H6ClF2NO4. The van der Waals surface area contributed by atoms with Gasteiger partial charge in [-0.3, -0.25) is 10.1 Å². The molecule has 12 heavy (non-hydrogen) atoms. The van der Waals surface area contributed by atoms with E-state index in [1.54, 1.807) is 0 Å². The van der Waals surface area contributed by atoms with Crippen molar-refractivity contribution in [3.63, 3.8) is 0 Å². The Balaban J connectivity index is 4.97. The lowest BCUT2D eigenvalue weighted by molar-refractivity contribution is -0.599. The molecular weight excluding hydrogens is 199 g/mol.